The first kappa shape index (κ1) is 16.6. The fraction of sp³-hybridized carbons (Fsp3) is 0.647. The summed E-state index contributed by atoms with van der Waals surface area (Å²) >= 11 is 6.09. The Bertz CT molecular complexity index is 431. The summed E-state index contributed by atoms with van der Waals surface area (Å²) < 4.78 is 5.96. The number of hydrogen-bond donors (Lipinski definition) is 1. The molecule has 0 aliphatic carbocycles. The second kappa shape index (κ2) is 8.62. The van der Waals surface area contributed by atoms with E-state index in [0.717, 1.165) is 42.5 Å². The van der Waals surface area contributed by atoms with Gasteiger partial charge >= 0.3 is 0 Å². The predicted octanol–water partition coefficient (Wildman–Crippen LogP) is 3.70. The second-order valence-corrected chi connectivity index (χ2v) is 6.47. The van der Waals surface area contributed by atoms with E-state index in [2.05, 4.69) is 24.1 Å². The molecule has 2 rings (SSSR count). The van der Waals surface area contributed by atoms with Crippen molar-refractivity contribution in [2.75, 3.05) is 26.2 Å². The standard InChI is InChI=1S/C17H27ClN2O/c1-14(2)19-13-15-12-16(18)6-7-17(15)21-11-5-10-20-8-3-4-9-20/h6-7,12,14,19H,3-5,8-11,13H2,1-2H3. The van der Waals surface area contributed by atoms with E-state index < -0.39 is 0 Å². The van der Waals surface area contributed by atoms with Crippen molar-refractivity contribution in [3.8, 4) is 5.75 Å². The molecule has 0 unspecified atom stereocenters. The van der Waals surface area contributed by atoms with Gasteiger partial charge in [0.15, 0.2) is 0 Å². The van der Waals surface area contributed by atoms with Gasteiger partial charge in [-0.15, -0.1) is 0 Å². The van der Waals surface area contributed by atoms with E-state index in [9.17, 15) is 0 Å². The molecule has 1 heterocycles. The van der Waals surface area contributed by atoms with Crippen LogP contribution in [0, 0.1) is 0 Å². The highest BCUT2D eigenvalue weighted by atomic mass is 35.5. The number of nitrogens with one attached hydrogen (secondary N) is 1. The van der Waals surface area contributed by atoms with Gasteiger partial charge in [-0.1, -0.05) is 25.4 Å². The van der Waals surface area contributed by atoms with Gasteiger partial charge in [-0.25, -0.2) is 0 Å². The first-order chi connectivity index (χ1) is 10.1. The Labute approximate surface area is 133 Å². The van der Waals surface area contributed by atoms with E-state index >= 15 is 0 Å². The number of ether oxygens (including phenoxy) is 1. The van der Waals surface area contributed by atoms with E-state index in [0.29, 0.717) is 6.04 Å². The van der Waals surface area contributed by atoms with Crippen LogP contribution in [0.3, 0.4) is 0 Å². The van der Waals surface area contributed by atoms with Gasteiger partial charge in [0.1, 0.15) is 5.75 Å². The maximum absolute atomic E-state index is 6.09. The number of rotatable bonds is 8. The topological polar surface area (TPSA) is 24.5 Å². The van der Waals surface area contributed by atoms with Gasteiger partial charge in [-0.3, -0.25) is 0 Å². The highest BCUT2D eigenvalue weighted by Gasteiger charge is 2.11. The van der Waals surface area contributed by atoms with Crippen LogP contribution in [0.4, 0.5) is 0 Å². The van der Waals surface area contributed by atoms with Gasteiger partial charge in [0.25, 0.3) is 0 Å². The molecule has 1 aromatic carbocycles. The molecule has 118 valence electrons. The maximum Gasteiger partial charge on any atom is 0.123 e. The Morgan fingerprint density at radius 1 is 1.29 bits per heavy atom. The van der Waals surface area contributed by atoms with E-state index in [-0.39, 0.29) is 0 Å². The van der Waals surface area contributed by atoms with Gasteiger partial charge in [-0.2, -0.15) is 0 Å². The molecule has 1 aliphatic rings. The van der Waals surface area contributed by atoms with Crippen molar-refractivity contribution in [3.05, 3.63) is 28.8 Å². The predicted molar refractivity (Wildman–Crippen MR) is 89.2 cm³/mol. The number of nitrogens with zero attached hydrogens (tertiary/aromatic N) is 1. The summed E-state index contributed by atoms with van der Waals surface area (Å²) in [7, 11) is 0. The fourth-order valence-electron chi connectivity index (χ4n) is 2.62. The lowest BCUT2D eigenvalue weighted by Gasteiger charge is -2.16. The van der Waals surface area contributed by atoms with Crippen LogP contribution < -0.4 is 10.1 Å². The highest BCUT2D eigenvalue weighted by molar-refractivity contribution is 6.30. The van der Waals surface area contributed by atoms with Gasteiger partial charge in [0, 0.05) is 29.7 Å². The molecule has 1 aromatic rings. The van der Waals surface area contributed by atoms with Crippen molar-refractivity contribution in [2.45, 2.75) is 45.7 Å². The zero-order valence-electron chi connectivity index (χ0n) is 13.2. The zero-order chi connectivity index (χ0) is 15.1. The highest BCUT2D eigenvalue weighted by Crippen LogP contribution is 2.23. The summed E-state index contributed by atoms with van der Waals surface area (Å²) in [6.45, 7) is 9.50. The lowest BCUT2D eigenvalue weighted by Crippen LogP contribution is -2.23. The van der Waals surface area contributed by atoms with Crippen LogP contribution in [0.2, 0.25) is 5.02 Å². The van der Waals surface area contributed by atoms with Crippen LogP contribution in [0.5, 0.6) is 5.75 Å². The lowest BCUT2D eigenvalue weighted by atomic mass is 10.2. The molecular weight excluding hydrogens is 284 g/mol. The molecule has 0 saturated carbocycles. The minimum atomic E-state index is 0.451. The third kappa shape index (κ3) is 5.85. The van der Waals surface area contributed by atoms with E-state index in [4.69, 9.17) is 16.3 Å². The Morgan fingerprint density at radius 3 is 2.76 bits per heavy atom. The quantitative estimate of drug-likeness (QED) is 0.741. The van der Waals surface area contributed by atoms with Crippen LogP contribution in [-0.4, -0.2) is 37.2 Å². The van der Waals surface area contributed by atoms with Gasteiger partial charge < -0.3 is 15.0 Å². The lowest BCUT2D eigenvalue weighted by molar-refractivity contribution is 0.261. The Hall–Kier alpha value is -0.770. The van der Waals surface area contributed by atoms with Crippen LogP contribution in [0.15, 0.2) is 18.2 Å². The van der Waals surface area contributed by atoms with Gasteiger partial charge in [0.05, 0.1) is 6.61 Å². The smallest absolute Gasteiger partial charge is 0.123 e. The average molecular weight is 311 g/mol. The summed E-state index contributed by atoms with van der Waals surface area (Å²) in [6, 6.07) is 6.32. The van der Waals surface area contributed by atoms with Gasteiger partial charge in [0.2, 0.25) is 0 Å². The summed E-state index contributed by atoms with van der Waals surface area (Å²) in [5, 5.41) is 4.18. The number of likely N-dealkylation sites (tertiary alicyclic amines) is 1. The summed E-state index contributed by atoms with van der Waals surface area (Å²) in [6.07, 6.45) is 3.78. The molecule has 0 spiro atoms. The molecule has 1 aliphatic heterocycles. The SMILES string of the molecule is CC(C)NCc1cc(Cl)ccc1OCCCN1CCCC1. The molecule has 4 heteroatoms. The minimum absolute atomic E-state index is 0.451. The minimum Gasteiger partial charge on any atom is -0.493 e. The van der Waals surface area contributed by atoms with E-state index in [1.165, 1.54) is 25.9 Å². The molecule has 0 aromatic heterocycles. The third-order valence-corrected chi connectivity index (χ3v) is 4.03. The molecule has 21 heavy (non-hydrogen) atoms. The largest absolute Gasteiger partial charge is 0.493 e. The molecular formula is C17H27ClN2O. The van der Waals surface area contributed by atoms with E-state index in [1.807, 2.05) is 18.2 Å². The summed E-state index contributed by atoms with van der Waals surface area (Å²) in [5.41, 5.74) is 1.14. The summed E-state index contributed by atoms with van der Waals surface area (Å²) in [5.74, 6) is 0.953. The molecule has 0 amide bonds. The molecule has 1 saturated heterocycles. The molecule has 0 bridgehead atoms. The average Bonchev–Trinajstić information content (AvgIpc) is 2.96. The zero-order valence-corrected chi connectivity index (χ0v) is 14.0. The van der Waals surface area contributed by atoms with Crippen molar-refractivity contribution >= 4 is 11.6 Å². The molecule has 0 radical (unpaired) electrons. The Morgan fingerprint density at radius 2 is 2.05 bits per heavy atom. The van der Waals surface area contributed by atoms with Gasteiger partial charge in [-0.05, 0) is 50.6 Å². The van der Waals surface area contributed by atoms with Crippen molar-refractivity contribution in [1.82, 2.24) is 10.2 Å². The van der Waals surface area contributed by atoms with Crippen molar-refractivity contribution in [1.29, 1.82) is 0 Å². The van der Waals surface area contributed by atoms with Crippen LogP contribution in [-0.2, 0) is 6.54 Å². The van der Waals surface area contributed by atoms with Crippen molar-refractivity contribution in [2.24, 2.45) is 0 Å². The molecule has 0 atom stereocenters. The van der Waals surface area contributed by atoms with E-state index in [1.54, 1.807) is 0 Å². The normalized spacial score (nSPS) is 15.8. The molecule has 1 N–H and O–H groups in total. The van der Waals surface area contributed by atoms with Crippen molar-refractivity contribution in [3.63, 3.8) is 0 Å². The Balaban J connectivity index is 1.80. The van der Waals surface area contributed by atoms with Crippen molar-refractivity contribution < 1.29 is 4.74 Å². The molecule has 3 nitrogen and oxygen atoms in total. The number of benzene rings is 1. The monoisotopic (exact) mass is 310 g/mol. The first-order valence-corrected chi connectivity index (χ1v) is 8.40. The third-order valence-electron chi connectivity index (χ3n) is 3.80. The van der Waals surface area contributed by atoms with Crippen LogP contribution in [0.25, 0.3) is 0 Å². The fourth-order valence-corrected chi connectivity index (χ4v) is 2.81. The molecule has 1 fully saturated rings. The number of halogens is 1. The number of hydrogen-bond acceptors (Lipinski definition) is 3. The second-order valence-electron chi connectivity index (χ2n) is 6.04. The maximum atomic E-state index is 6.09. The summed E-state index contributed by atoms with van der Waals surface area (Å²) in [4.78, 5) is 2.52. The Kier molecular flexibility index (Phi) is 6.81. The first-order valence-electron chi connectivity index (χ1n) is 8.02. The van der Waals surface area contributed by atoms with Crippen LogP contribution in [0.1, 0.15) is 38.7 Å². The van der Waals surface area contributed by atoms with Crippen LogP contribution >= 0.6 is 11.6 Å².